The van der Waals surface area contributed by atoms with Gasteiger partial charge in [-0.1, -0.05) is 42.0 Å². The Hall–Kier alpha value is -2.09. The Balaban J connectivity index is 2.03. The summed E-state index contributed by atoms with van der Waals surface area (Å²) in [6.07, 6.45) is 0. The van der Waals surface area contributed by atoms with E-state index in [1.54, 1.807) is 0 Å². The lowest BCUT2D eigenvalue weighted by atomic mass is 9.98. The van der Waals surface area contributed by atoms with Crippen molar-refractivity contribution in [2.75, 3.05) is 13.1 Å². The van der Waals surface area contributed by atoms with Gasteiger partial charge in [0.25, 0.3) is 0 Å². The second kappa shape index (κ2) is 4.88. The molecule has 1 aliphatic rings. The van der Waals surface area contributed by atoms with Gasteiger partial charge in [0.15, 0.2) is 0 Å². The van der Waals surface area contributed by atoms with Gasteiger partial charge in [0.2, 0.25) is 0 Å². The molecule has 0 aromatic heterocycles. The zero-order chi connectivity index (χ0) is 13.2. The Kier molecular flexibility index (Phi) is 3.08. The fraction of sp³-hybridized carbons (Fsp3) is 0.235. The molecule has 0 saturated carbocycles. The van der Waals surface area contributed by atoms with E-state index < -0.39 is 0 Å². The summed E-state index contributed by atoms with van der Waals surface area (Å²) in [7, 11) is 0. The molecule has 0 bridgehead atoms. The summed E-state index contributed by atoms with van der Waals surface area (Å²) in [4.78, 5) is 4.52. The number of hydrogen-bond acceptors (Lipinski definition) is 2. The highest BCUT2D eigenvalue weighted by Gasteiger charge is 2.11. The number of benzene rings is 2. The summed E-state index contributed by atoms with van der Waals surface area (Å²) < 4.78 is 0. The molecule has 0 spiro atoms. The minimum absolute atomic E-state index is 0.879. The van der Waals surface area contributed by atoms with E-state index in [4.69, 9.17) is 0 Å². The maximum atomic E-state index is 4.52. The number of nitrogens with one attached hydrogen (secondary N) is 1. The SMILES string of the molecule is Cc1ccc(-c2ccc(C)c(C3=NCCN3)c2)cc1. The topological polar surface area (TPSA) is 24.4 Å². The third kappa shape index (κ3) is 2.39. The summed E-state index contributed by atoms with van der Waals surface area (Å²) in [6, 6.07) is 15.2. The number of aryl methyl sites for hydroxylation is 2. The van der Waals surface area contributed by atoms with Crippen molar-refractivity contribution in [1.29, 1.82) is 0 Å². The first kappa shape index (κ1) is 12.0. The Morgan fingerprint density at radius 2 is 1.68 bits per heavy atom. The Morgan fingerprint density at radius 3 is 2.37 bits per heavy atom. The first-order valence-corrected chi connectivity index (χ1v) is 6.70. The molecule has 96 valence electrons. The van der Waals surface area contributed by atoms with Gasteiger partial charge in [0.1, 0.15) is 5.84 Å². The molecule has 0 fully saturated rings. The lowest BCUT2D eigenvalue weighted by molar-refractivity contribution is 0.959. The average Bonchev–Trinajstić information content (AvgIpc) is 2.94. The summed E-state index contributed by atoms with van der Waals surface area (Å²) >= 11 is 0. The van der Waals surface area contributed by atoms with Gasteiger partial charge in [-0.3, -0.25) is 4.99 Å². The molecule has 1 heterocycles. The van der Waals surface area contributed by atoms with Gasteiger partial charge in [0.05, 0.1) is 6.54 Å². The van der Waals surface area contributed by atoms with Gasteiger partial charge in [-0.15, -0.1) is 0 Å². The molecule has 3 rings (SSSR count). The molecular weight excluding hydrogens is 232 g/mol. The lowest BCUT2D eigenvalue weighted by Crippen LogP contribution is -2.20. The normalized spacial score (nSPS) is 14.1. The predicted molar refractivity (Wildman–Crippen MR) is 80.8 cm³/mol. The van der Waals surface area contributed by atoms with Crippen LogP contribution in [0.15, 0.2) is 47.5 Å². The highest BCUT2D eigenvalue weighted by molar-refractivity contribution is 6.01. The fourth-order valence-corrected chi connectivity index (χ4v) is 2.38. The zero-order valence-electron chi connectivity index (χ0n) is 11.4. The molecule has 2 nitrogen and oxygen atoms in total. The van der Waals surface area contributed by atoms with Gasteiger partial charge in [-0.2, -0.15) is 0 Å². The minimum atomic E-state index is 0.879. The maximum Gasteiger partial charge on any atom is 0.128 e. The molecule has 2 aromatic carbocycles. The fourth-order valence-electron chi connectivity index (χ4n) is 2.38. The second-order valence-corrected chi connectivity index (χ2v) is 5.05. The molecule has 0 aliphatic carbocycles. The third-order valence-corrected chi connectivity index (χ3v) is 3.55. The van der Waals surface area contributed by atoms with Crippen LogP contribution in [-0.4, -0.2) is 18.9 Å². The van der Waals surface area contributed by atoms with Crippen LogP contribution in [0.2, 0.25) is 0 Å². The number of aliphatic imine (C=N–C) groups is 1. The smallest absolute Gasteiger partial charge is 0.128 e. The first-order valence-electron chi connectivity index (χ1n) is 6.70. The van der Waals surface area contributed by atoms with Crippen molar-refractivity contribution in [1.82, 2.24) is 5.32 Å². The van der Waals surface area contributed by atoms with E-state index in [1.165, 1.54) is 27.8 Å². The van der Waals surface area contributed by atoms with Crippen LogP contribution in [0.3, 0.4) is 0 Å². The lowest BCUT2D eigenvalue weighted by Gasteiger charge is -2.10. The largest absolute Gasteiger partial charge is 0.368 e. The molecule has 2 aromatic rings. The molecule has 0 radical (unpaired) electrons. The first-order chi connectivity index (χ1) is 9.24. The molecular formula is C17H18N2. The monoisotopic (exact) mass is 250 g/mol. The summed E-state index contributed by atoms with van der Waals surface area (Å²) in [5.74, 6) is 1.03. The van der Waals surface area contributed by atoms with Crippen molar-refractivity contribution in [2.24, 2.45) is 4.99 Å². The molecule has 1 aliphatic heterocycles. The van der Waals surface area contributed by atoms with E-state index in [0.29, 0.717) is 0 Å². The van der Waals surface area contributed by atoms with Crippen molar-refractivity contribution < 1.29 is 0 Å². The van der Waals surface area contributed by atoms with E-state index >= 15 is 0 Å². The van der Waals surface area contributed by atoms with Crippen LogP contribution >= 0.6 is 0 Å². The zero-order valence-corrected chi connectivity index (χ0v) is 11.4. The van der Waals surface area contributed by atoms with Gasteiger partial charge >= 0.3 is 0 Å². The second-order valence-electron chi connectivity index (χ2n) is 5.05. The van der Waals surface area contributed by atoms with Gasteiger partial charge < -0.3 is 5.32 Å². The molecule has 19 heavy (non-hydrogen) atoms. The minimum Gasteiger partial charge on any atom is -0.368 e. The van der Waals surface area contributed by atoms with E-state index in [0.717, 1.165) is 18.9 Å². The summed E-state index contributed by atoms with van der Waals surface area (Å²) in [5, 5.41) is 3.35. The maximum absolute atomic E-state index is 4.52. The van der Waals surface area contributed by atoms with Crippen LogP contribution in [0.25, 0.3) is 11.1 Å². The molecule has 1 N–H and O–H groups in total. The van der Waals surface area contributed by atoms with Crippen molar-refractivity contribution in [3.8, 4) is 11.1 Å². The molecule has 0 unspecified atom stereocenters. The number of hydrogen-bond donors (Lipinski definition) is 1. The van der Waals surface area contributed by atoms with Gasteiger partial charge in [0, 0.05) is 12.1 Å². The summed E-state index contributed by atoms with van der Waals surface area (Å²) in [5.41, 5.74) is 6.28. The van der Waals surface area contributed by atoms with E-state index in [-0.39, 0.29) is 0 Å². The third-order valence-electron chi connectivity index (χ3n) is 3.55. The number of amidine groups is 1. The Bertz CT molecular complexity index is 624. The van der Waals surface area contributed by atoms with Gasteiger partial charge in [-0.25, -0.2) is 0 Å². The quantitative estimate of drug-likeness (QED) is 0.868. The summed E-state index contributed by atoms with van der Waals surface area (Å²) in [6.45, 7) is 6.07. The van der Waals surface area contributed by atoms with Crippen LogP contribution < -0.4 is 5.32 Å². The van der Waals surface area contributed by atoms with Crippen molar-refractivity contribution >= 4 is 5.84 Å². The van der Waals surface area contributed by atoms with Crippen molar-refractivity contribution in [2.45, 2.75) is 13.8 Å². The Morgan fingerprint density at radius 1 is 0.947 bits per heavy atom. The van der Waals surface area contributed by atoms with Crippen LogP contribution in [-0.2, 0) is 0 Å². The standard InChI is InChI=1S/C17H18N2/c1-12-3-6-14(7-4-12)15-8-5-13(2)16(11-15)17-18-9-10-19-17/h3-8,11H,9-10H2,1-2H3,(H,18,19). The van der Waals surface area contributed by atoms with Gasteiger partial charge in [-0.05, 0) is 36.6 Å². The van der Waals surface area contributed by atoms with Crippen LogP contribution in [0.5, 0.6) is 0 Å². The highest BCUT2D eigenvalue weighted by Crippen LogP contribution is 2.23. The van der Waals surface area contributed by atoms with Crippen LogP contribution in [0, 0.1) is 13.8 Å². The molecule has 0 amide bonds. The highest BCUT2D eigenvalue weighted by atomic mass is 15.1. The average molecular weight is 250 g/mol. The number of nitrogens with zero attached hydrogens (tertiary/aromatic N) is 1. The van der Waals surface area contributed by atoms with Crippen molar-refractivity contribution in [3.63, 3.8) is 0 Å². The van der Waals surface area contributed by atoms with Crippen molar-refractivity contribution in [3.05, 3.63) is 59.2 Å². The van der Waals surface area contributed by atoms with Crippen LogP contribution in [0.1, 0.15) is 16.7 Å². The molecule has 0 saturated heterocycles. The van der Waals surface area contributed by atoms with Crippen LogP contribution in [0.4, 0.5) is 0 Å². The van der Waals surface area contributed by atoms with E-state index in [9.17, 15) is 0 Å². The van der Waals surface area contributed by atoms with E-state index in [1.807, 2.05) is 0 Å². The predicted octanol–water partition coefficient (Wildman–Crippen LogP) is 3.32. The van der Waals surface area contributed by atoms with E-state index in [2.05, 4.69) is 66.6 Å². The Labute approximate surface area is 114 Å². The molecule has 2 heteroatoms. The number of rotatable bonds is 2. The molecule has 0 atom stereocenters.